The Bertz CT molecular complexity index is 771. The zero-order chi connectivity index (χ0) is 17.7. The van der Waals surface area contributed by atoms with Crippen molar-refractivity contribution >= 4 is 33.0 Å². The van der Waals surface area contributed by atoms with Crippen LogP contribution in [-0.2, 0) is 14.8 Å². The van der Waals surface area contributed by atoms with Gasteiger partial charge in [-0.15, -0.1) is 11.3 Å². The van der Waals surface area contributed by atoms with Crippen LogP contribution in [0.5, 0.6) is 0 Å². The van der Waals surface area contributed by atoms with Gasteiger partial charge in [0.05, 0.1) is 18.0 Å². The molecule has 0 radical (unpaired) electrons. The van der Waals surface area contributed by atoms with Crippen LogP contribution < -0.4 is 9.62 Å². The van der Waals surface area contributed by atoms with Gasteiger partial charge in [-0.1, -0.05) is 24.6 Å². The Hall–Kier alpha value is -1.93. The predicted octanol–water partition coefficient (Wildman–Crippen LogP) is 2.49. The number of anilines is 1. The zero-order valence-corrected chi connectivity index (χ0v) is 15.5. The molecule has 24 heavy (non-hydrogen) atoms. The molecule has 1 aromatic carbocycles. The van der Waals surface area contributed by atoms with Crippen molar-refractivity contribution in [3.63, 3.8) is 0 Å². The molecule has 0 spiro atoms. The first-order chi connectivity index (χ1) is 11.3. The molecule has 0 aliphatic carbocycles. The highest BCUT2D eigenvalue weighted by Gasteiger charge is 2.23. The summed E-state index contributed by atoms with van der Waals surface area (Å²) >= 11 is 1.46. The molecule has 0 saturated heterocycles. The van der Waals surface area contributed by atoms with Crippen LogP contribution in [0, 0.1) is 6.92 Å². The van der Waals surface area contributed by atoms with E-state index in [0.29, 0.717) is 12.1 Å². The van der Waals surface area contributed by atoms with Crippen LogP contribution in [0.2, 0.25) is 0 Å². The average Bonchev–Trinajstić information content (AvgIpc) is 3.04. The minimum Gasteiger partial charge on any atom is -0.345 e. The van der Waals surface area contributed by atoms with Gasteiger partial charge in [0.1, 0.15) is 11.6 Å². The molecular formula is C16H21N3O3S2. The molecule has 0 unspecified atom stereocenters. The second-order valence-electron chi connectivity index (χ2n) is 5.50. The smallest absolute Gasteiger partial charge is 0.241 e. The number of nitrogens with one attached hydrogen (secondary N) is 1. The Labute approximate surface area is 146 Å². The third-order valence-electron chi connectivity index (χ3n) is 3.50. The van der Waals surface area contributed by atoms with E-state index in [1.54, 1.807) is 18.3 Å². The fourth-order valence-electron chi connectivity index (χ4n) is 2.23. The number of sulfonamides is 1. The second kappa shape index (κ2) is 7.76. The highest BCUT2D eigenvalue weighted by atomic mass is 32.2. The van der Waals surface area contributed by atoms with Crippen LogP contribution in [-0.4, -0.2) is 32.1 Å². The van der Waals surface area contributed by atoms with Gasteiger partial charge in [-0.3, -0.25) is 9.10 Å². The van der Waals surface area contributed by atoms with Crippen molar-refractivity contribution in [1.29, 1.82) is 0 Å². The lowest BCUT2D eigenvalue weighted by atomic mass is 10.2. The van der Waals surface area contributed by atoms with Gasteiger partial charge in [0, 0.05) is 11.6 Å². The number of benzene rings is 1. The van der Waals surface area contributed by atoms with Crippen LogP contribution in [0.3, 0.4) is 0 Å². The summed E-state index contributed by atoms with van der Waals surface area (Å²) < 4.78 is 25.3. The Morgan fingerprint density at radius 3 is 2.50 bits per heavy atom. The molecule has 8 heteroatoms. The molecule has 130 valence electrons. The molecule has 2 aromatic rings. The number of rotatable bonds is 7. The maximum Gasteiger partial charge on any atom is 0.241 e. The number of hydrogen-bond donors (Lipinski definition) is 1. The molecule has 0 aliphatic rings. The number of hydrogen-bond acceptors (Lipinski definition) is 5. The fourth-order valence-corrected chi connectivity index (χ4v) is 3.86. The molecule has 1 N–H and O–H groups in total. The van der Waals surface area contributed by atoms with Gasteiger partial charge in [-0.05, 0) is 25.5 Å². The van der Waals surface area contributed by atoms with Crippen LogP contribution in [0.15, 0.2) is 35.8 Å². The van der Waals surface area contributed by atoms with E-state index in [4.69, 9.17) is 0 Å². The quantitative estimate of drug-likeness (QED) is 0.815. The van der Waals surface area contributed by atoms with Crippen molar-refractivity contribution in [3.8, 4) is 0 Å². The van der Waals surface area contributed by atoms with Crippen LogP contribution in [0.4, 0.5) is 5.69 Å². The first-order valence-corrected chi connectivity index (χ1v) is 10.3. The molecule has 6 nitrogen and oxygen atoms in total. The second-order valence-corrected chi connectivity index (χ2v) is 8.34. The molecule has 0 bridgehead atoms. The maximum atomic E-state index is 12.4. The van der Waals surface area contributed by atoms with Crippen LogP contribution in [0.1, 0.15) is 30.0 Å². The van der Waals surface area contributed by atoms with Crippen molar-refractivity contribution < 1.29 is 13.2 Å². The summed E-state index contributed by atoms with van der Waals surface area (Å²) in [7, 11) is -3.56. The van der Waals surface area contributed by atoms with Crippen molar-refractivity contribution in [2.75, 3.05) is 17.1 Å². The van der Waals surface area contributed by atoms with Crippen molar-refractivity contribution in [3.05, 3.63) is 46.4 Å². The van der Waals surface area contributed by atoms with Crippen molar-refractivity contribution in [1.82, 2.24) is 10.3 Å². The van der Waals surface area contributed by atoms with Gasteiger partial charge in [-0.2, -0.15) is 0 Å². The van der Waals surface area contributed by atoms with Crippen molar-refractivity contribution in [2.45, 2.75) is 26.3 Å². The number of amides is 1. The normalized spacial score (nSPS) is 12.6. The van der Waals surface area contributed by atoms with E-state index in [2.05, 4.69) is 10.3 Å². The maximum absolute atomic E-state index is 12.4. The minimum absolute atomic E-state index is 0.211. The molecule has 1 aromatic heterocycles. The molecule has 0 aliphatic heterocycles. The van der Waals surface area contributed by atoms with Crippen molar-refractivity contribution in [2.24, 2.45) is 0 Å². The summed E-state index contributed by atoms with van der Waals surface area (Å²) in [5.41, 5.74) is 1.49. The number of aromatic nitrogens is 1. The van der Waals surface area contributed by atoms with Gasteiger partial charge in [0.2, 0.25) is 15.9 Å². The number of nitrogens with zero attached hydrogens (tertiary/aromatic N) is 2. The fraction of sp³-hybridized carbons (Fsp3) is 0.375. The third-order valence-corrected chi connectivity index (χ3v) is 5.53. The highest BCUT2D eigenvalue weighted by Crippen LogP contribution is 2.20. The number of carbonyl (C=O) groups is 1. The molecular weight excluding hydrogens is 346 g/mol. The molecule has 1 atom stereocenters. The topological polar surface area (TPSA) is 79.4 Å². The van der Waals surface area contributed by atoms with E-state index in [-0.39, 0.29) is 18.5 Å². The number of carbonyl (C=O) groups excluding carboxylic acids is 1. The van der Waals surface area contributed by atoms with Gasteiger partial charge < -0.3 is 5.32 Å². The Morgan fingerprint density at radius 1 is 1.33 bits per heavy atom. The summed E-state index contributed by atoms with van der Waals surface area (Å²) in [5.74, 6) is -0.358. The average molecular weight is 367 g/mol. The van der Waals surface area contributed by atoms with E-state index >= 15 is 0 Å². The molecule has 1 heterocycles. The summed E-state index contributed by atoms with van der Waals surface area (Å²) in [4.78, 5) is 16.6. The highest BCUT2D eigenvalue weighted by molar-refractivity contribution is 7.92. The first-order valence-electron chi connectivity index (χ1n) is 7.54. The van der Waals surface area contributed by atoms with Gasteiger partial charge in [0.25, 0.3) is 0 Å². The van der Waals surface area contributed by atoms with Crippen LogP contribution >= 0.6 is 11.3 Å². The summed E-state index contributed by atoms with van der Waals surface area (Å²) in [6, 6.07) is 6.81. The minimum atomic E-state index is -3.56. The van der Waals surface area contributed by atoms with E-state index in [9.17, 15) is 13.2 Å². The lowest BCUT2D eigenvalue weighted by Crippen LogP contribution is -2.41. The van der Waals surface area contributed by atoms with E-state index < -0.39 is 10.0 Å². The molecule has 1 amide bonds. The van der Waals surface area contributed by atoms with E-state index in [1.165, 1.54) is 11.3 Å². The number of thiazole rings is 1. The Kier molecular flexibility index (Phi) is 5.95. The monoisotopic (exact) mass is 367 g/mol. The van der Waals surface area contributed by atoms with Gasteiger partial charge >= 0.3 is 0 Å². The number of aryl methyl sites for hydroxylation is 1. The lowest BCUT2D eigenvalue weighted by molar-refractivity contribution is -0.120. The summed E-state index contributed by atoms with van der Waals surface area (Å²) in [5, 5.41) is 5.51. The third kappa shape index (κ3) is 4.78. The standard InChI is InChI=1S/C16H21N3O3S2/c1-4-14(16-17-9-10-23-16)18-15(20)11-19(24(3,21)22)13-7-5-12(2)6-8-13/h5-10,14H,4,11H2,1-3H3,(H,18,20)/t14-/m0/s1. The predicted molar refractivity (Wildman–Crippen MR) is 96.7 cm³/mol. The lowest BCUT2D eigenvalue weighted by Gasteiger charge is -2.23. The van der Waals surface area contributed by atoms with Gasteiger partial charge in [0.15, 0.2) is 0 Å². The van der Waals surface area contributed by atoms with Crippen LogP contribution in [0.25, 0.3) is 0 Å². The Balaban J connectivity index is 2.14. The molecule has 2 rings (SSSR count). The SMILES string of the molecule is CC[C@H](NC(=O)CN(c1ccc(C)cc1)S(C)(=O)=O)c1nccs1. The first kappa shape index (κ1) is 18.4. The largest absolute Gasteiger partial charge is 0.345 e. The molecule has 0 fully saturated rings. The Morgan fingerprint density at radius 2 is 2.00 bits per heavy atom. The van der Waals surface area contributed by atoms with E-state index in [1.807, 2.05) is 31.4 Å². The van der Waals surface area contributed by atoms with E-state index in [0.717, 1.165) is 21.1 Å². The zero-order valence-electron chi connectivity index (χ0n) is 13.9. The molecule has 0 saturated carbocycles. The van der Waals surface area contributed by atoms with Gasteiger partial charge in [-0.25, -0.2) is 13.4 Å². The summed E-state index contributed by atoms with van der Waals surface area (Å²) in [6.45, 7) is 3.60. The summed E-state index contributed by atoms with van der Waals surface area (Å²) in [6.07, 6.45) is 3.46.